The molecule has 0 saturated heterocycles. The summed E-state index contributed by atoms with van der Waals surface area (Å²) in [6, 6.07) is 1.80. The standard InChI is InChI=1S/C12H10N2O/c1-3-8(2)10-7-14-12(15)11-6-13-5-4-9(10)11/h3-7H,1-2H2,(H,14,15). The van der Waals surface area contributed by atoms with Crippen molar-refractivity contribution >= 4 is 16.3 Å². The maximum absolute atomic E-state index is 11.5. The first kappa shape index (κ1) is 9.40. The van der Waals surface area contributed by atoms with Gasteiger partial charge in [0.15, 0.2) is 0 Å². The van der Waals surface area contributed by atoms with Crippen LogP contribution in [0.4, 0.5) is 0 Å². The van der Waals surface area contributed by atoms with Crippen molar-refractivity contribution in [2.24, 2.45) is 0 Å². The number of allylic oxidation sites excluding steroid dienone is 2. The number of pyridine rings is 2. The summed E-state index contributed by atoms with van der Waals surface area (Å²) < 4.78 is 0. The SMILES string of the molecule is C=CC(=C)c1c[nH]c(=O)c2cnccc12. The van der Waals surface area contributed by atoms with Crippen LogP contribution in [0.15, 0.2) is 48.7 Å². The van der Waals surface area contributed by atoms with Crippen LogP contribution in [0.25, 0.3) is 16.3 Å². The third kappa shape index (κ3) is 1.48. The number of aromatic amines is 1. The second-order valence-corrected chi connectivity index (χ2v) is 3.18. The number of hydrogen-bond acceptors (Lipinski definition) is 2. The van der Waals surface area contributed by atoms with Gasteiger partial charge in [0, 0.05) is 24.2 Å². The highest BCUT2D eigenvalue weighted by Gasteiger charge is 2.04. The number of H-pyrrole nitrogens is 1. The van der Waals surface area contributed by atoms with Crippen molar-refractivity contribution in [2.45, 2.75) is 0 Å². The van der Waals surface area contributed by atoms with Crippen LogP contribution in [0.2, 0.25) is 0 Å². The molecule has 2 rings (SSSR count). The number of fused-ring (bicyclic) bond motifs is 1. The summed E-state index contributed by atoms with van der Waals surface area (Å²) in [6.07, 6.45) is 6.51. The van der Waals surface area contributed by atoms with Crippen molar-refractivity contribution in [1.82, 2.24) is 9.97 Å². The Balaban J connectivity index is 2.89. The fraction of sp³-hybridized carbons (Fsp3) is 0. The smallest absolute Gasteiger partial charge is 0.257 e. The van der Waals surface area contributed by atoms with E-state index in [1.165, 1.54) is 0 Å². The molecule has 0 radical (unpaired) electrons. The van der Waals surface area contributed by atoms with Crippen molar-refractivity contribution < 1.29 is 0 Å². The Kier molecular flexibility index (Phi) is 2.21. The topological polar surface area (TPSA) is 45.8 Å². The van der Waals surface area contributed by atoms with E-state index in [-0.39, 0.29) is 5.56 Å². The number of hydrogen-bond donors (Lipinski definition) is 1. The predicted molar refractivity (Wildman–Crippen MR) is 61.6 cm³/mol. The van der Waals surface area contributed by atoms with Gasteiger partial charge in [-0.1, -0.05) is 19.2 Å². The van der Waals surface area contributed by atoms with E-state index in [0.29, 0.717) is 5.39 Å². The van der Waals surface area contributed by atoms with Crippen LogP contribution in [0.3, 0.4) is 0 Å². The van der Waals surface area contributed by atoms with E-state index in [0.717, 1.165) is 16.5 Å². The van der Waals surface area contributed by atoms with Crippen molar-refractivity contribution in [3.8, 4) is 0 Å². The molecule has 0 amide bonds. The molecular formula is C12H10N2O. The zero-order valence-corrected chi connectivity index (χ0v) is 8.16. The van der Waals surface area contributed by atoms with Gasteiger partial charge in [0.25, 0.3) is 5.56 Å². The van der Waals surface area contributed by atoms with Crippen molar-refractivity contribution in [1.29, 1.82) is 0 Å². The Morgan fingerprint density at radius 1 is 1.47 bits per heavy atom. The van der Waals surface area contributed by atoms with E-state index in [4.69, 9.17) is 0 Å². The molecule has 3 nitrogen and oxygen atoms in total. The average molecular weight is 198 g/mol. The largest absolute Gasteiger partial charge is 0.328 e. The second-order valence-electron chi connectivity index (χ2n) is 3.18. The molecule has 0 aromatic carbocycles. The van der Waals surface area contributed by atoms with Crippen molar-refractivity contribution in [3.63, 3.8) is 0 Å². The lowest BCUT2D eigenvalue weighted by Crippen LogP contribution is -2.06. The predicted octanol–water partition coefficient (Wildman–Crippen LogP) is 2.12. The van der Waals surface area contributed by atoms with Gasteiger partial charge in [0.05, 0.1) is 5.39 Å². The van der Waals surface area contributed by atoms with Gasteiger partial charge in [0.2, 0.25) is 0 Å². The van der Waals surface area contributed by atoms with Crippen LogP contribution >= 0.6 is 0 Å². The van der Waals surface area contributed by atoms with E-state index in [2.05, 4.69) is 23.1 Å². The van der Waals surface area contributed by atoms with E-state index < -0.39 is 0 Å². The van der Waals surface area contributed by atoms with Crippen LogP contribution in [0, 0.1) is 0 Å². The summed E-state index contributed by atoms with van der Waals surface area (Å²) in [5, 5.41) is 1.41. The fourth-order valence-electron chi connectivity index (χ4n) is 1.48. The fourth-order valence-corrected chi connectivity index (χ4v) is 1.48. The molecular weight excluding hydrogens is 188 g/mol. The Bertz CT molecular complexity index is 596. The number of aromatic nitrogens is 2. The first-order chi connectivity index (χ1) is 7.24. The molecule has 0 aliphatic heterocycles. The monoisotopic (exact) mass is 198 g/mol. The van der Waals surface area contributed by atoms with Gasteiger partial charge in [-0.25, -0.2) is 0 Å². The van der Waals surface area contributed by atoms with Crippen LogP contribution in [0.1, 0.15) is 5.56 Å². The molecule has 74 valence electrons. The van der Waals surface area contributed by atoms with E-state index in [9.17, 15) is 4.79 Å². The second kappa shape index (κ2) is 3.53. The van der Waals surface area contributed by atoms with Crippen molar-refractivity contribution in [3.05, 3.63) is 59.8 Å². The maximum atomic E-state index is 11.5. The van der Waals surface area contributed by atoms with Gasteiger partial charge in [-0.05, 0) is 17.0 Å². The third-order valence-electron chi connectivity index (χ3n) is 2.30. The lowest BCUT2D eigenvalue weighted by atomic mass is 10.0. The molecule has 0 atom stereocenters. The summed E-state index contributed by atoms with van der Waals surface area (Å²) >= 11 is 0. The summed E-state index contributed by atoms with van der Waals surface area (Å²) in [7, 11) is 0. The van der Waals surface area contributed by atoms with Gasteiger partial charge in [-0.15, -0.1) is 0 Å². The lowest BCUT2D eigenvalue weighted by molar-refractivity contribution is 1.25. The highest BCUT2D eigenvalue weighted by molar-refractivity contribution is 5.93. The lowest BCUT2D eigenvalue weighted by Gasteiger charge is -2.04. The van der Waals surface area contributed by atoms with E-state index in [1.54, 1.807) is 30.7 Å². The molecule has 3 heteroatoms. The Morgan fingerprint density at radius 3 is 3.00 bits per heavy atom. The zero-order chi connectivity index (χ0) is 10.8. The summed E-state index contributed by atoms with van der Waals surface area (Å²) in [5.74, 6) is 0. The molecule has 0 saturated carbocycles. The van der Waals surface area contributed by atoms with Crippen molar-refractivity contribution in [2.75, 3.05) is 0 Å². The summed E-state index contributed by atoms with van der Waals surface area (Å²) in [5.41, 5.74) is 1.52. The van der Waals surface area contributed by atoms with Crippen LogP contribution in [-0.2, 0) is 0 Å². The molecule has 2 aromatic rings. The first-order valence-corrected chi connectivity index (χ1v) is 4.51. The molecule has 0 unspecified atom stereocenters. The molecule has 2 heterocycles. The number of rotatable bonds is 2. The van der Waals surface area contributed by atoms with Gasteiger partial charge in [-0.3, -0.25) is 9.78 Å². The van der Waals surface area contributed by atoms with Gasteiger partial charge in [0.1, 0.15) is 0 Å². The molecule has 15 heavy (non-hydrogen) atoms. The van der Waals surface area contributed by atoms with Gasteiger partial charge >= 0.3 is 0 Å². The minimum absolute atomic E-state index is 0.140. The number of nitrogens with zero attached hydrogens (tertiary/aromatic N) is 1. The summed E-state index contributed by atoms with van der Waals surface area (Å²) in [4.78, 5) is 18.1. The molecule has 1 N–H and O–H groups in total. The van der Waals surface area contributed by atoms with Crippen LogP contribution < -0.4 is 5.56 Å². The van der Waals surface area contributed by atoms with E-state index in [1.807, 2.05) is 0 Å². The van der Waals surface area contributed by atoms with E-state index >= 15 is 0 Å². The molecule has 2 aromatic heterocycles. The molecule has 0 bridgehead atoms. The highest BCUT2D eigenvalue weighted by atomic mass is 16.1. The van der Waals surface area contributed by atoms with Gasteiger partial charge < -0.3 is 4.98 Å². The third-order valence-corrected chi connectivity index (χ3v) is 2.30. The quantitative estimate of drug-likeness (QED) is 0.751. The minimum atomic E-state index is -0.140. The molecule has 0 spiro atoms. The van der Waals surface area contributed by atoms with Crippen LogP contribution in [0.5, 0.6) is 0 Å². The zero-order valence-electron chi connectivity index (χ0n) is 8.16. The maximum Gasteiger partial charge on any atom is 0.257 e. The van der Waals surface area contributed by atoms with Crippen LogP contribution in [-0.4, -0.2) is 9.97 Å². The molecule has 0 fully saturated rings. The molecule has 0 aliphatic rings. The highest BCUT2D eigenvalue weighted by Crippen LogP contribution is 2.20. The Hall–Kier alpha value is -2.16. The minimum Gasteiger partial charge on any atom is -0.328 e. The average Bonchev–Trinajstić information content (AvgIpc) is 2.29. The Morgan fingerprint density at radius 2 is 2.27 bits per heavy atom. The summed E-state index contributed by atoms with van der Waals surface area (Å²) in [6.45, 7) is 7.52. The van der Waals surface area contributed by atoms with Gasteiger partial charge in [-0.2, -0.15) is 0 Å². The molecule has 0 aliphatic carbocycles. The first-order valence-electron chi connectivity index (χ1n) is 4.51. The number of nitrogens with one attached hydrogen (secondary N) is 1. The normalized spacial score (nSPS) is 10.1. The Labute approximate surface area is 86.8 Å².